The highest BCUT2D eigenvalue weighted by atomic mass is 35.5. The molecule has 0 saturated carbocycles. The van der Waals surface area contributed by atoms with Crippen molar-refractivity contribution in [2.45, 2.75) is 103 Å². The van der Waals surface area contributed by atoms with Crippen LogP contribution in [0.2, 0.25) is 0 Å². The number of unbranched alkanes of at least 4 members (excludes halogenated alkanes) is 10. The topological polar surface area (TPSA) is 52.6 Å². The summed E-state index contributed by atoms with van der Waals surface area (Å²) in [4.78, 5) is 23.1. The molecular weight excluding hydrogens is 352 g/mol. The molecule has 0 N–H and O–H groups in total. The molecule has 0 aliphatic heterocycles. The van der Waals surface area contributed by atoms with Crippen molar-refractivity contribution in [1.82, 2.24) is 0 Å². The maximum absolute atomic E-state index is 11.6. The Balaban J connectivity index is 3.30. The third-order valence-corrected chi connectivity index (χ3v) is 4.58. The Hall–Kier alpha value is -0.770. The first-order valence-electron chi connectivity index (χ1n) is 10.6. The van der Waals surface area contributed by atoms with Crippen LogP contribution >= 0.6 is 11.6 Å². The molecular formula is C21H39ClO4. The summed E-state index contributed by atoms with van der Waals surface area (Å²) in [7, 11) is 0. The Labute approximate surface area is 165 Å². The first-order chi connectivity index (χ1) is 12.7. The van der Waals surface area contributed by atoms with E-state index in [4.69, 9.17) is 21.1 Å². The molecule has 0 aliphatic carbocycles. The van der Waals surface area contributed by atoms with Crippen molar-refractivity contribution in [3.05, 3.63) is 0 Å². The number of hydrogen-bond donors (Lipinski definition) is 0. The lowest BCUT2D eigenvalue weighted by atomic mass is 10.1. The summed E-state index contributed by atoms with van der Waals surface area (Å²) in [6.07, 6.45) is 14.8. The molecule has 0 unspecified atom stereocenters. The summed E-state index contributed by atoms with van der Waals surface area (Å²) >= 11 is 5.64. The average molecular weight is 391 g/mol. The van der Waals surface area contributed by atoms with Gasteiger partial charge in [0.25, 0.3) is 0 Å². The lowest BCUT2D eigenvalue weighted by Crippen LogP contribution is -2.09. The Kier molecular flexibility index (Phi) is 19.9. The van der Waals surface area contributed by atoms with Crippen molar-refractivity contribution in [2.24, 2.45) is 0 Å². The molecule has 26 heavy (non-hydrogen) atoms. The lowest BCUT2D eigenvalue weighted by Gasteiger charge is -2.06. The van der Waals surface area contributed by atoms with Crippen molar-refractivity contribution in [2.75, 3.05) is 19.1 Å². The molecule has 0 heterocycles. The molecule has 0 bridgehead atoms. The zero-order chi connectivity index (χ0) is 19.3. The molecule has 0 fully saturated rings. The van der Waals surface area contributed by atoms with Gasteiger partial charge in [-0.2, -0.15) is 0 Å². The summed E-state index contributed by atoms with van der Waals surface area (Å²) in [5.41, 5.74) is 0. The predicted molar refractivity (Wildman–Crippen MR) is 108 cm³/mol. The van der Waals surface area contributed by atoms with Gasteiger partial charge in [0.2, 0.25) is 0 Å². The Morgan fingerprint density at radius 2 is 1.04 bits per heavy atom. The van der Waals surface area contributed by atoms with Crippen LogP contribution in [-0.4, -0.2) is 31.0 Å². The average Bonchev–Trinajstić information content (AvgIpc) is 2.63. The largest absolute Gasteiger partial charge is 0.466 e. The maximum Gasteiger partial charge on any atom is 0.305 e. The molecule has 0 saturated heterocycles. The van der Waals surface area contributed by atoms with E-state index in [1.54, 1.807) is 0 Å². The SMILES string of the molecule is CCCCCCOC(=O)CCCC(=O)OCCCCCCCCCCCl. The third kappa shape index (κ3) is 19.6. The minimum atomic E-state index is -0.208. The molecule has 0 aliphatic rings. The fourth-order valence-electron chi connectivity index (χ4n) is 2.68. The second-order valence-corrected chi connectivity index (χ2v) is 7.25. The highest BCUT2D eigenvalue weighted by Crippen LogP contribution is 2.09. The van der Waals surface area contributed by atoms with E-state index in [1.165, 1.54) is 44.9 Å². The molecule has 0 radical (unpaired) electrons. The van der Waals surface area contributed by atoms with E-state index in [0.29, 0.717) is 32.5 Å². The summed E-state index contributed by atoms with van der Waals surface area (Å²) < 4.78 is 10.3. The minimum absolute atomic E-state index is 0.207. The smallest absolute Gasteiger partial charge is 0.305 e. The number of carbonyl (C=O) groups is 2. The predicted octanol–water partition coefficient (Wildman–Crippen LogP) is 6.18. The number of carbonyl (C=O) groups excluding carboxylic acids is 2. The van der Waals surface area contributed by atoms with E-state index in [2.05, 4.69) is 6.92 Å². The van der Waals surface area contributed by atoms with E-state index in [9.17, 15) is 9.59 Å². The number of rotatable bonds is 19. The highest BCUT2D eigenvalue weighted by Gasteiger charge is 2.07. The van der Waals surface area contributed by atoms with Gasteiger partial charge in [0.1, 0.15) is 0 Å². The van der Waals surface area contributed by atoms with Gasteiger partial charge >= 0.3 is 11.9 Å². The number of hydrogen-bond acceptors (Lipinski definition) is 4. The van der Waals surface area contributed by atoms with Gasteiger partial charge < -0.3 is 9.47 Å². The summed E-state index contributed by atoms with van der Waals surface area (Å²) in [6.45, 7) is 3.14. The lowest BCUT2D eigenvalue weighted by molar-refractivity contribution is -0.145. The first-order valence-corrected chi connectivity index (χ1v) is 11.1. The van der Waals surface area contributed by atoms with Gasteiger partial charge in [-0.3, -0.25) is 9.59 Å². The fraction of sp³-hybridized carbons (Fsp3) is 0.905. The van der Waals surface area contributed by atoms with Crippen LogP contribution in [0.15, 0.2) is 0 Å². The van der Waals surface area contributed by atoms with Gasteiger partial charge in [-0.25, -0.2) is 0 Å². The molecule has 0 spiro atoms. The van der Waals surface area contributed by atoms with E-state index >= 15 is 0 Å². The van der Waals surface area contributed by atoms with Crippen LogP contribution in [0.3, 0.4) is 0 Å². The monoisotopic (exact) mass is 390 g/mol. The fourth-order valence-corrected chi connectivity index (χ4v) is 2.87. The minimum Gasteiger partial charge on any atom is -0.466 e. The summed E-state index contributed by atoms with van der Waals surface area (Å²) in [5.74, 6) is 0.355. The van der Waals surface area contributed by atoms with Crippen molar-refractivity contribution in [3.8, 4) is 0 Å². The number of esters is 2. The summed E-state index contributed by atoms with van der Waals surface area (Å²) in [6, 6.07) is 0. The van der Waals surface area contributed by atoms with E-state index in [1.807, 2.05) is 0 Å². The molecule has 154 valence electrons. The second kappa shape index (κ2) is 20.5. The Bertz CT molecular complexity index is 334. The van der Waals surface area contributed by atoms with Crippen LogP contribution < -0.4 is 0 Å². The Morgan fingerprint density at radius 3 is 1.50 bits per heavy atom. The van der Waals surface area contributed by atoms with Crippen LogP contribution in [0.25, 0.3) is 0 Å². The van der Waals surface area contributed by atoms with Crippen LogP contribution in [0, 0.1) is 0 Å². The van der Waals surface area contributed by atoms with Crippen molar-refractivity contribution in [1.29, 1.82) is 0 Å². The number of alkyl halides is 1. The van der Waals surface area contributed by atoms with Crippen LogP contribution in [0.4, 0.5) is 0 Å². The van der Waals surface area contributed by atoms with Gasteiger partial charge in [0, 0.05) is 18.7 Å². The number of ether oxygens (including phenoxy) is 2. The first kappa shape index (κ1) is 25.2. The van der Waals surface area contributed by atoms with Gasteiger partial charge in [-0.15, -0.1) is 11.6 Å². The van der Waals surface area contributed by atoms with Gasteiger partial charge in [0.05, 0.1) is 13.2 Å². The van der Waals surface area contributed by atoms with Crippen molar-refractivity contribution >= 4 is 23.5 Å². The third-order valence-electron chi connectivity index (χ3n) is 4.31. The molecule has 5 heteroatoms. The second-order valence-electron chi connectivity index (χ2n) is 6.87. The normalized spacial score (nSPS) is 10.7. The molecule has 0 aromatic heterocycles. The van der Waals surface area contributed by atoms with Crippen molar-refractivity contribution < 1.29 is 19.1 Å². The standard InChI is InChI=1S/C21H39ClO4/c1-2-3-4-12-18-25-20(23)15-14-16-21(24)26-19-13-10-8-6-5-7-9-11-17-22/h2-19H2,1H3. The number of halogens is 1. The maximum atomic E-state index is 11.6. The molecule has 0 rings (SSSR count). The van der Waals surface area contributed by atoms with Gasteiger partial charge in [-0.05, 0) is 25.7 Å². The Morgan fingerprint density at radius 1 is 0.615 bits per heavy atom. The van der Waals surface area contributed by atoms with E-state index in [0.717, 1.165) is 38.0 Å². The van der Waals surface area contributed by atoms with Crippen LogP contribution in [0.1, 0.15) is 103 Å². The van der Waals surface area contributed by atoms with Gasteiger partial charge in [-0.1, -0.05) is 64.7 Å². The van der Waals surface area contributed by atoms with Crippen LogP contribution in [-0.2, 0) is 19.1 Å². The van der Waals surface area contributed by atoms with Gasteiger partial charge in [0.15, 0.2) is 0 Å². The molecule has 0 atom stereocenters. The molecule has 0 aromatic carbocycles. The zero-order valence-corrected chi connectivity index (χ0v) is 17.5. The quantitative estimate of drug-likeness (QED) is 0.150. The zero-order valence-electron chi connectivity index (χ0n) is 16.7. The molecule has 4 nitrogen and oxygen atoms in total. The highest BCUT2D eigenvalue weighted by molar-refractivity contribution is 6.17. The van der Waals surface area contributed by atoms with Crippen LogP contribution in [0.5, 0.6) is 0 Å². The molecule has 0 amide bonds. The summed E-state index contributed by atoms with van der Waals surface area (Å²) in [5, 5.41) is 0. The van der Waals surface area contributed by atoms with E-state index < -0.39 is 0 Å². The molecule has 0 aromatic rings. The van der Waals surface area contributed by atoms with Crippen molar-refractivity contribution in [3.63, 3.8) is 0 Å². The van der Waals surface area contributed by atoms with E-state index in [-0.39, 0.29) is 11.9 Å².